The predicted octanol–water partition coefficient (Wildman–Crippen LogP) is 2.01. The third-order valence-electron chi connectivity index (χ3n) is 4.75. The van der Waals surface area contributed by atoms with E-state index in [2.05, 4.69) is 20.9 Å². The van der Waals surface area contributed by atoms with Gasteiger partial charge in [0.15, 0.2) is 5.69 Å². The van der Waals surface area contributed by atoms with Crippen molar-refractivity contribution in [3.05, 3.63) is 41.2 Å². The zero-order valence-corrected chi connectivity index (χ0v) is 15.0. The molecule has 1 aliphatic heterocycles. The van der Waals surface area contributed by atoms with Crippen LogP contribution in [0.4, 0.5) is 0 Å². The number of para-hydroxylation sites is 1. The fourth-order valence-electron chi connectivity index (χ4n) is 3.32. The number of carbonyl (C=O) groups is 1. The fraction of sp³-hybridized carbons (Fsp3) is 0.500. The van der Waals surface area contributed by atoms with Gasteiger partial charge in [-0.15, -0.1) is 5.10 Å². The minimum Gasteiger partial charge on any atom is -0.496 e. The average Bonchev–Trinajstić information content (AvgIpc) is 3.03. The van der Waals surface area contributed by atoms with Gasteiger partial charge in [-0.3, -0.25) is 4.79 Å². The van der Waals surface area contributed by atoms with Crippen molar-refractivity contribution in [2.75, 3.05) is 20.2 Å². The summed E-state index contributed by atoms with van der Waals surface area (Å²) in [7, 11) is 1.63. The number of nitrogens with zero attached hydrogens (tertiary/aromatic N) is 3. The molecular weight excluding hydrogens is 318 g/mol. The lowest BCUT2D eigenvalue weighted by atomic mass is 10.1. The molecule has 1 saturated heterocycles. The Labute approximate surface area is 147 Å². The van der Waals surface area contributed by atoms with Gasteiger partial charge in [0.2, 0.25) is 0 Å². The first-order valence-corrected chi connectivity index (χ1v) is 8.68. The Balaban J connectivity index is 1.74. The van der Waals surface area contributed by atoms with Crippen molar-refractivity contribution in [3.8, 4) is 5.75 Å². The number of aromatic nitrogens is 3. The number of benzene rings is 1. The Hall–Kier alpha value is -2.41. The largest absolute Gasteiger partial charge is 0.496 e. The Morgan fingerprint density at radius 3 is 2.80 bits per heavy atom. The highest BCUT2D eigenvalue weighted by Crippen LogP contribution is 2.25. The van der Waals surface area contributed by atoms with Gasteiger partial charge in [0.05, 0.1) is 24.9 Å². The van der Waals surface area contributed by atoms with Crippen LogP contribution in [0.15, 0.2) is 24.3 Å². The quantitative estimate of drug-likeness (QED) is 0.868. The first-order valence-electron chi connectivity index (χ1n) is 8.68. The van der Waals surface area contributed by atoms with Crippen LogP contribution in [0.3, 0.4) is 0 Å². The normalized spacial score (nSPS) is 16.4. The molecule has 0 spiro atoms. The van der Waals surface area contributed by atoms with Crippen molar-refractivity contribution in [1.29, 1.82) is 0 Å². The Morgan fingerprint density at radius 1 is 1.36 bits per heavy atom. The lowest BCUT2D eigenvalue weighted by Gasteiger charge is -2.23. The van der Waals surface area contributed by atoms with E-state index in [1.54, 1.807) is 7.11 Å². The smallest absolute Gasteiger partial charge is 0.274 e. The number of hydrogen-bond donors (Lipinski definition) is 2. The van der Waals surface area contributed by atoms with Gasteiger partial charge in [0.25, 0.3) is 5.91 Å². The molecule has 2 N–H and O–H groups in total. The van der Waals surface area contributed by atoms with E-state index in [1.165, 1.54) is 0 Å². The van der Waals surface area contributed by atoms with E-state index < -0.39 is 0 Å². The van der Waals surface area contributed by atoms with Crippen molar-refractivity contribution in [3.63, 3.8) is 0 Å². The molecule has 1 aromatic heterocycles. The van der Waals surface area contributed by atoms with Crippen LogP contribution >= 0.6 is 0 Å². The molecule has 0 aliphatic carbocycles. The maximum atomic E-state index is 12.7. The molecule has 0 bridgehead atoms. The Kier molecular flexibility index (Phi) is 5.33. The maximum absolute atomic E-state index is 12.7. The number of methoxy groups -OCH3 is 1. The first kappa shape index (κ1) is 17.4. The number of nitrogens with one attached hydrogen (secondary N) is 2. The number of amides is 1. The van der Waals surface area contributed by atoms with Gasteiger partial charge >= 0.3 is 0 Å². The van der Waals surface area contributed by atoms with Gasteiger partial charge in [-0.1, -0.05) is 23.4 Å². The van der Waals surface area contributed by atoms with Gasteiger partial charge in [0.1, 0.15) is 5.75 Å². The van der Waals surface area contributed by atoms with E-state index in [-0.39, 0.29) is 11.9 Å². The third kappa shape index (κ3) is 3.66. The molecule has 1 atom stereocenters. The molecule has 0 saturated carbocycles. The number of hydrogen-bond acceptors (Lipinski definition) is 5. The van der Waals surface area contributed by atoms with E-state index in [4.69, 9.17) is 4.74 Å². The van der Waals surface area contributed by atoms with Crippen molar-refractivity contribution in [2.45, 2.75) is 38.8 Å². The summed E-state index contributed by atoms with van der Waals surface area (Å²) in [4.78, 5) is 12.7. The van der Waals surface area contributed by atoms with Gasteiger partial charge in [0, 0.05) is 5.56 Å². The van der Waals surface area contributed by atoms with Crippen LogP contribution in [0.1, 0.15) is 53.6 Å². The topological polar surface area (TPSA) is 81.1 Å². The molecule has 0 radical (unpaired) electrons. The fourth-order valence-corrected chi connectivity index (χ4v) is 3.32. The minimum atomic E-state index is -0.212. The molecule has 3 rings (SSSR count). The molecule has 2 heterocycles. The standard InChI is InChI=1S/C18H25N5O2/c1-12(15-6-4-5-7-16(15)25-3)20-18(24)17-13(2)23(22-21-17)14-8-10-19-11-9-14/h4-7,12,14,19H,8-11H2,1-3H3,(H,20,24). The maximum Gasteiger partial charge on any atom is 0.274 e. The molecule has 2 aromatic rings. The van der Waals surface area contributed by atoms with E-state index in [0.29, 0.717) is 11.7 Å². The second-order valence-corrected chi connectivity index (χ2v) is 6.39. The summed E-state index contributed by atoms with van der Waals surface area (Å²) in [6.45, 7) is 5.78. The predicted molar refractivity (Wildman–Crippen MR) is 94.8 cm³/mol. The van der Waals surface area contributed by atoms with E-state index in [1.807, 2.05) is 42.8 Å². The van der Waals surface area contributed by atoms with Crippen LogP contribution < -0.4 is 15.4 Å². The molecule has 1 aromatic carbocycles. The lowest BCUT2D eigenvalue weighted by molar-refractivity contribution is 0.0933. The molecule has 1 fully saturated rings. The summed E-state index contributed by atoms with van der Waals surface area (Å²) in [5.74, 6) is 0.543. The van der Waals surface area contributed by atoms with Crippen LogP contribution in [0.5, 0.6) is 5.75 Å². The van der Waals surface area contributed by atoms with Gasteiger partial charge in [-0.2, -0.15) is 0 Å². The molecule has 1 aliphatic rings. The highest BCUT2D eigenvalue weighted by Gasteiger charge is 2.24. The zero-order chi connectivity index (χ0) is 17.8. The number of piperidine rings is 1. The highest BCUT2D eigenvalue weighted by molar-refractivity contribution is 5.93. The summed E-state index contributed by atoms with van der Waals surface area (Å²) in [6.07, 6.45) is 2.01. The number of rotatable bonds is 5. The Morgan fingerprint density at radius 2 is 2.08 bits per heavy atom. The number of carbonyl (C=O) groups excluding carboxylic acids is 1. The number of ether oxygens (including phenoxy) is 1. The summed E-state index contributed by atoms with van der Waals surface area (Å²) in [5.41, 5.74) is 2.14. The molecule has 134 valence electrons. The van der Waals surface area contributed by atoms with Crippen LogP contribution in [0.25, 0.3) is 0 Å². The summed E-state index contributed by atoms with van der Waals surface area (Å²) >= 11 is 0. The second-order valence-electron chi connectivity index (χ2n) is 6.39. The van der Waals surface area contributed by atoms with Crippen molar-refractivity contribution in [2.24, 2.45) is 0 Å². The third-order valence-corrected chi connectivity index (χ3v) is 4.75. The first-order chi connectivity index (χ1) is 12.1. The molecule has 7 heteroatoms. The molecule has 7 nitrogen and oxygen atoms in total. The van der Waals surface area contributed by atoms with Crippen LogP contribution in [0, 0.1) is 6.92 Å². The monoisotopic (exact) mass is 343 g/mol. The second kappa shape index (κ2) is 7.65. The molecule has 1 unspecified atom stereocenters. The van der Waals surface area contributed by atoms with Crippen molar-refractivity contribution < 1.29 is 9.53 Å². The Bertz CT molecular complexity index is 737. The molecule has 25 heavy (non-hydrogen) atoms. The van der Waals surface area contributed by atoms with Crippen molar-refractivity contribution in [1.82, 2.24) is 25.6 Å². The molecule has 1 amide bonds. The lowest BCUT2D eigenvalue weighted by Crippen LogP contribution is -2.31. The van der Waals surface area contributed by atoms with Crippen LogP contribution in [-0.2, 0) is 0 Å². The summed E-state index contributed by atoms with van der Waals surface area (Å²) in [5, 5.41) is 14.7. The van der Waals surface area contributed by atoms with Gasteiger partial charge in [-0.05, 0) is 45.8 Å². The summed E-state index contributed by atoms with van der Waals surface area (Å²) in [6, 6.07) is 7.79. The minimum absolute atomic E-state index is 0.188. The van der Waals surface area contributed by atoms with Crippen molar-refractivity contribution >= 4 is 5.91 Å². The average molecular weight is 343 g/mol. The van der Waals surface area contributed by atoms with E-state index in [0.717, 1.165) is 42.9 Å². The van der Waals surface area contributed by atoms with Crippen LogP contribution in [-0.4, -0.2) is 41.1 Å². The van der Waals surface area contributed by atoms with E-state index >= 15 is 0 Å². The van der Waals surface area contributed by atoms with E-state index in [9.17, 15) is 4.79 Å². The van der Waals surface area contributed by atoms with Gasteiger partial charge in [-0.25, -0.2) is 4.68 Å². The highest BCUT2D eigenvalue weighted by atomic mass is 16.5. The van der Waals surface area contributed by atoms with Crippen LogP contribution in [0.2, 0.25) is 0 Å². The van der Waals surface area contributed by atoms with Gasteiger partial charge < -0.3 is 15.4 Å². The zero-order valence-electron chi connectivity index (χ0n) is 15.0. The SMILES string of the molecule is COc1ccccc1C(C)NC(=O)c1nnn(C2CCNCC2)c1C. The molecular formula is C18H25N5O2. The summed E-state index contributed by atoms with van der Waals surface area (Å²) < 4.78 is 7.26.